The van der Waals surface area contributed by atoms with Crippen LogP contribution in [-0.4, -0.2) is 34.6 Å². The number of para-hydroxylation sites is 1. The molecule has 2 aromatic heterocycles. The summed E-state index contributed by atoms with van der Waals surface area (Å²) in [6, 6.07) is 11.7. The first kappa shape index (κ1) is 18.8. The minimum Gasteiger partial charge on any atom is -0.263 e. The highest BCUT2D eigenvalue weighted by Crippen LogP contribution is 2.33. The molecular formula is C15H10Cl3N5O2S. The molecule has 0 aliphatic heterocycles. The Hall–Kier alpha value is -2.00. The number of anilines is 3. The lowest BCUT2D eigenvalue weighted by atomic mass is 10.3. The maximum atomic E-state index is 11.9. The third kappa shape index (κ3) is 4.21. The Morgan fingerprint density at radius 2 is 1.42 bits per heavy atom. The lowest BCUT2D eigenvalue weighted by molar-refractivity contribution is 0.593. The van der Waals surface area contributed by atoms with Crippen LogP contribution in [0.1, 0.15) is 0 Å². The van der Waals surface area contributed by atoms with Crippen molar-refractivity contribution in [2.45, 2.75) is 5.16 Å². The first-order valence-corrected chi connectivity index (χ1v) is 10.1. The molecular weight excluding hydrogens is 421 g/mol. The van der Waals surface area contributed by atoms with Crippen LogP contribution in [0.3, 0.4) is 0 Å². The maximum absolute atomic E-state index is 11.9. The molecule has 0 radical (unpaired) electrons. The molecule has 0 aliphatic carbocycles. The highest BCUT2D eigenvalue weighted by Gasteiger charge is 2.22. The summed E-state index contributed by atoms with van der Waals surface area (Å²) in [6.07, 6.45) is 0.988. The number of rotatable bonds is 4. The van der Waals surface area contributed by atoms with E-state index < -0.39 is 15.0 Å². The monoisotopic (exact) mass is 429 g/mol. The summed E-state index contributed by atoms with van der Waals surface area (Å²) in [5.74, 6) is 0.248. The summed E-state index contributed by atoms with van der Waals surface area (Å²) in [5.41, 5.74) is 0.597. The van der Waals surface area contributed by atoms with Crippen LogP contribution < -0.4 is 4.90 Å². The molecule has 0 aliphatic rings. The van der Waals surface area contributed by atoms with Crippen LogP contribution in [0.2, 0.25) is 15.5 Å². The number of hydrogen-bond acceptors (Lipinski definition) is 7. The summed E-state index contributed by atoms with van der Waals surface area (Å²) in [6.45, 7) is 0. The first-order valence-electron chi connectivity index (χ1n) is 7.04. The van der Waals surface area contributed by atoms with Gasteiger partial charge in [-0.25, -0.2) is 28.4 Å². The molecule has 0 saturated heterocycles. The number of halogens is 3. The highest BCUT2D eigenvalue weighted by atomic mass is 35.5. The van der Waals surface area contributed by atoms with Gasteiger partial charge in [0.15, 0.2) is 0 Å². The number of benzene rings is 1. The van der Waals surface area contributed by atoms with Gasteiger partial charge < -0.3 is 0 Å². The van der Waals surface area contributed by atoms with Crippen molar-refractivity contribution in [1.82, 2.24) is 19.9 Å². The lowest BCUT2D eigenvalue weighted by Gasteiger charge is -2.22. The van der Waals surface area contributed by atoms with Crippen LogP contribution in [0.25, 0.3) is 0 Å². The van der Waals surface area contributed by atoms with Crippen molar-refractivity contribution >= 4 is 62.1 Å². The van der Waals surface area contributed by atoms with Gasteiger partial charge in [0, 0.05) is 18.4 Å². The fourth-order valence-electron chi connectivity index (χ4n) is 2.07. The molecule has 1 aromatic carbocycles. The van der Waals surface area contributed by atoms with E-state index in [4.69, 9.17) is 34.8 Å². The van der Waals surface area contributed by atoms with Gasteiger partial charge in [0.25, 0.3) is 0 Å². The van der Waals surface area contributed by atoms with Crippen molar-refractivity contribution in [3.05, 3.63) is 57.9 Å². The molecule has 26 heavy (non-hydrogen) atoms. The zero-order valence-corrected chi connectivity index (χ0v) is 16.2. The molecule has 0 atom stereocenters. The normalized spacial score (nSPS) is 11.4. The van der Waals surface area contributed by atoms with Gasteiger partial charge in [0.05, 0.1) is 5.69 Å². The Morgan fingerprint density at radius 1 is 0.846 bits per heavy atom. The molecule has 0 bridgehead atoms. The van der Waals surface area contributed by atoms with E-state index in [0.717, 1.165) is 6.26 Å². The summed E-state index contributed by atoms with van der Waals surface area (Å²) < 4.78 is 23.7. The zero-order chi connectivity index (χ0) is 18.9. The van der Waals surface area contributed by atoms with Gasteiger partial charge >= 0.3 is 0 Å². The standard InChI is InChI=1S/C15H10Cl3N5O2S/c1-26(24,25)15-21-12(18)8-13(22-15)23(9-5-3-2-4-6-9)14-19-10(16)7-11(17)20-14/h2-8H,1H3. The molecule has 11 heteroatoms. The number of hydrogen-bond donors (Lipinski definition) is 0. The summed E-state index contributed by atoms with van der Waals surface area (Å²) in [7, 11) is -3.69. The van der Waals surface area contributed by atoms with Crippen LogP contribution in [0.15, 0.2) is 47.6 Å². The van der Waals surface area contributed by atoms with Crippen molar-refractivity contribution in [3.63, 3.8) is 0 Å². The molecule has 0 amide bonds. The minimum absolute atomic E-state index is 0.0514. The molecule has 0 fully saturated rings. The third-order valence-electron chi connectivity index (χ3n) is 3.09. The predicted octanol–water partition coefficient (Wildman–Crippen LogP) is 4.10. The molecule has 2 heterocycles. The van der Waals surface area contributed by atoms with Crippen LogP contribution in [-0.2, 0) is 9.84 Å². The second kappa shape index (κ2) is 7.32. The highest BCUT2D eigenvalue weighted by molar-refractivity contribution is 7.90. The fraction of sp³-hybridized carbons (Fsp3) is 0.0667. The largest absolute Gasteiger partial charge is 0.263 e. The van der Waals surface area contributed by atoms with Crippen LogP contribution >= 0.6 is 34.8 Å². The molecule has 0 saturated carbocycles. The van der Waals surface area contributed by atoms with E-state index in [1.165, 1.54) is 17.0 Å². The molecule has 0 N–H and O–H groups in total. The number of nitrogens with zero attached hydrogens (tertiary/aromatic N) is 5. The molecule has 0 unspecified atom stereocenters. The smallest absolute Gasteiger partial charge is 0.250 e. The van der Waals surface area contributed by atoms with E-state index in [0.29, 0.717) is 5.69 Å². The van der Waals surface area contributed by atoms with Gasteiger partial charge in [-0.15, -0.1) is 0 Å². The molecule has 3 aromatic rings. The number of aromatic nitrogens is 4. The second-order valence-corrected chi connectivity index (χ2v) is 8.16. The van der Waals surface area contributed by atoms with Gasteiger partial charge in [0.2, 0.25) is 20.9 Å². The molecule has 0 spiro atoms. The van der Waals surface area contributed by atoms with E-state index >= 15 is 0 Å². The lowest BCUT2D eigenvalue weighted by Crippen LogP contribution is -2.17. The van der Waals surface area contributed by atoms with Crippen LogP contribution in [0.5, 0.6) is 0 Å². The Morgan fingerprint density at radius 3 is 2.00 bits per heavy atom. The summed E-state index contributed by atoms with van der Waals surface area (Å²) in [5, 5.41) is -0.243. The Kier molecular flexibility index (Phi) is 5.29. The summed E-state index contributed by atoms with van der Waals surface area (Å²) in [4.78, 5) is 17.6. The van der Waals surface area contributed by atoms with Gasteiger partial charge in [-0.3, -0.25) is 4.90 Å². The van der Waals surface area contributed by atoms with Crippen LogP contribution in [0, 0.1) is 0 Å². The third-order valence-corrected chi connectivity index (χ3v) is 4.51. The van der Waals surface area contributed by atoms with Crippen molar-refractivity contribution in [2.24, 2.45) is 0 Å². The van der Waals surface area contributed by atoms with Crippen molar-refractivity contribution in [1.29, 1.82) is 0 Å². The van der Waals surface area contributed by atoms with E-state index in [9.17, 15) is 8.42 Å². The van der Waals surface area contributed by atoms with Crippen LogP contribution in [0.4, 0.5) is 17.5 Å². The average molecular weight is 431 g/mol. The predicted molar refractivity (Wildman–Crippen MR) is 100 cm³/mol. The van der Waals surface area contributed by atoms with E-state index in [2.05, 4.69) is 19.9 Å². The fourth-order valence-corrected chi connectivity index (χ4v) is 3.24. The Labute approximate surface area is 164 Å². The van der Waals surface area contributed by atoms with E-state index in [-0.39, 0.29) is 27.2 Å². The van der Waals surface area contributed by atoms with Crippen molar-refractivity contribution in [2.75, 3.05) is 11.2 Å². The van der Waals surface area contributed by atoms with Gasteiger partial charge in [-0.2, -0.15) is 0 Å². The topological polar surface area (TPSA) is 88.9 Å². The minimum atomic E-state index is -3.69. The number of sulfone groups is 1. The Balaban J connectivity index is 2.27. The van der Waals surface area contributed by atoms with Gasteiger partial charge in [-0.05, 0) is 12.1 Å². The molecule has 7 nitrogen and oxygen atoms in total. The van der Waals surface area contributed by atoms with E-state index in [1.807, 2.05) is 6.07 Å². The zero-order valence-electron chi connectivity index (χ0n) is 13.1. The first-order chi connectivity index (χ1) is 12.2. The molecule has 134 valence electrons. The van der Waals surface area contributed by atoms with E-state index in [1.54, 1.807) is 24.3 Å². The van der Waals surface area contributed by atoms with Gasteiger partial charge in [-0.1, -0.05) is 53.0 Å². The average Bonchev–Trinajstić information content (AvgIpc) is 2.54. The second-order valence-electron chi connectivity index (χ2n) is 5.09. The van der Waals surface area contributed by atoms with Crippen molar-refractivity contribution < 1.29 is 8.42 Å². The Bertz CT molecular complexity index is 1040. The van der Waals surface area contributed by atoms with Crippen molar-refractivity contribution in [3.8, 4) is 0 Å². The maximum Gasteiger partial charge on any atom is 0.250 e. The molecule has 3 rings (SSSR count). The SMILES string of the molecule is CS(=O)(=O)c1nc(Cl)cc(N(c2ccccc2)c2nc(Cl)cc(Cl)n2)n1. The quantitative estimate of drug-likeness (QED) is 0.454. The summed E-state index contributed by atoms with van der Waals surface area (Å²) >= 11 is 18.0. The van der Waals surface area contributed by atoms with Gasteiger partial charge in [0.1, 0.15) is 21.3 Å².